The molecule has 0 saturated carbocycles. The zero-order valence-corrected chi connectivity index (χ0v) is 9.39. The van der Waals surface area contributed by atoms with Crippen LogP contribution in [0.1, 0.15) is 12.0 Å². The van der Waals surface area contributed by atoms with Crippen LogP contribution in [0.15, 0.2) is 42.0 Å². The molecule has 0 bridgehead atoms. The summed E-state index contributed by atoms with van der Waals surface area (Å²) in [5.41, 5.74) is 2.00. The van der Waals surface area contributed by atoms with Gasteiger partial charge >= 0.3 is 6.09 Å². The molecule has 0 atom stereocenters. The minimum absolute atomic E-state index is 0.439. The fourth-order valence-electron chi connectivity index (χ4n) is 1.63. The maximum atomic E-state index is 10.7. The molecule has 1 aliphatic heterocycles. The maximum Gasteiger partial charge on any atom is 0.407 e. The van der Waals surface area contributed by atoms with E-state index in [4.69, 9.17) is 5.11 Å². The highest BCUT2D eigenvalue weighted by Gasteiger charge is 2.14. The van der Waals surface area contributed by atoms with Gasteiger partial charge in [-0.2, -0.15) is 0 Å². The predicted octanol–water partition coefficient (Wildman–Crippen LogP) is 2.35. The van der Waals surface area contributed by atoms with Crippen LogP contribution in [0.4, 0.5) is 4.79 Å². The number of carboxylic acid groups (broad SMARTS) is 1. The van der Waals surface area contributed by atoms with E-state index < -0.39 is 6.09 Å². The van der Waals surface area contributed by atoms with Crippen LogP contribution < -0.4 is 0 Å². The lowest BCUT2D eigenvalue weighted by atomic mass is 10.1. The van der Waals surface area contributed by atoms with Crippen LogP contribution in [0.2, 0.25) is 0 Å². The van der Waals surface area contributed by atoms with E-state index in [9.17, 15) is 4.79 Å². The van der Waals surface area contributed by atoms with Crippen molar-refractivity contribution in [3.63, 3.8) is 0 Å². The van der Waals surface area contributed by atoms with Crippen molar-refractivity contribution in [3.8, 4) is 11.8 Å². The molecule has 0 aliphatic carbocycles. The number of benzene rings is 1. The number of nitrogens with zero attached hydrogens (tertiary/aromatic N) is 1. The van der Waals surface area contributed by atoms with E-state index in [-0.39, 0.29) is 0 Å². The number of hydrogen-bond donors (Lipinski definition) is 1. The Morgan fingerprint density at radius 3 is 2.59 bits per heavy atom. The minimum atomic E-state index is -0.865. The number of carbonyl (C=O) groups is 1. The number of hydrogen-bond acceptors (Lipinski definition) is 1. The van der Waals surface area contributed by atoms with Crippen LogP contribution in [-0.2, 0) is 0 Å². The molecular weight excluding hydrogens is 214 g/mol. The lowest BCUT2D eigenvalue weighted by Gasteiger charge is -2.21. The van der Waals surface area contributed by atoms with Crippen molar-refractivity contribution in [1.29, 1.82) is 0 Å². The van der Waals surface area contributed by atoms with Gasteiger partial charge in [0.1, 0.15) is 0 Å². The van der Waals surface area contributed by atoms with Crippen LogP contribution in [-0.4, -0.2) is 29.2 Å². The van der Waals surface area contributed by atoms with E-state index in [0.29, 0.717) is 19.5 Å². The van der Waals surface area contributed by atoms with E-state index in [1.807, 2.05) is 36.4 Å². The van der Waals surface area contributed by atoms with Gasteiger partial charge in [-0.3, -0.25) is 0 Å². The third kappa shape index (κ3) is 3.12. The van der Waals surface area contributed by atoms with E-state index >= 15 is 0 Å². The molecule has 2 rings (SSSR count). The van der Waals surface area contributed by atoms with Gasteiger partial charge in [-0.1, -0.05) is 36.1 Å². The van der Waals surface area contributed by atoms with Crippen molar-refractivity contribution in [1.82, 2.24) is 4.90 Å². The Morgan fingerprint density at radius 1 is 1.24 bits per heavy atom. The Labute approximate surface area is 100 Å². The highest BCUT2D eigenvalue weighted by atomic mass is 16.4. The Bertz CT molecular complexity index is 494. The van der Waals surface area contributed by atoms with Gasteiger partial charge in [-0.25, -0.2) is 4.79 Å². The topological polar surface area (TPSA) is 40.5 Å². The SMILES string of the molecule is O=C(O)N1CC=C(C#Cc2ccccc2)CC1. The van der Waals surface area contributed by atoms with Gasteiger partial charge in [0.05, 0.1) is 0 Å². The molecule has 0 spiro atoms. The Morgan fingerprint density at radius 2 is 2.00 bits per heavy atom. The van der Waals surface area contributed by atoms with Crippen molar-refractivity contribution in [2.45, 2.75) is 6.42 Å². The second kappa shape index (κ2) is 5.22. The van der Waals surface area contributed by atoms with E-state index in [0.717, 1.165) is 11.1 Å². The summed E-state index contributed by atoms with van der Waals surface area (Å²) in [7, 11) is 0. The monoisotopic (exact) mass is 227 g/mol. The summed E-state index contributed by atoms with van der Waals surface area (Å²) in [4.78, 5) is 12.1. The predicted molar refractivity (Wildman–Crippen MR) is 65.6 cm³/mol. The van der Waals surface area contributed by atoms with E-state index in [1.54, 1.807) is 0 Å². The van der Waals surface area contributed by atoms with Gasteiger partial charge in [-0.05, 0) is 18.6 Å². The summed E-state index contributed by atoms with van der Waals surface area (Å²) >= 11 is 0. The van der Waals surface area contributed by atoms with Gasteiger partial charge < -0.3 is 10.0 Å². The highest BCUT2D eigenvalue weighted by molar-refractivity contribution is 5.65. The first-order chi connectivity index (χ1) is 8.25. The van der Waals surface area contributed by atoms with Crippen LogP contribution >= 0.6 is 0 Å². The molecule has 0 saturated heterocycles. The molecule has 1 amide bonds. The van der Waals surface area contributed by atoms with Gasteiger partial charge in [-0.15, -0.1) is 0 Å². The first-order valence-electron chi connectivity index (χ1n) is 5.49. The normalized spacial score (nSPS) is 14.6. The Balaban J connectivity index is 2.03. The van der Waals surface area contributed by atoms with E-state index in [2.05, 4.69) is 11.8 Å². The maximum absolute atomic E-state index is 10.7. The largest absolute Gasteiger partial charge is 0.465 e. The third-order valence-corrected chi connectivity index (χ3v) is 2.62. The summed E-state index contributed by atoms with van der Waals surface area (Å²) < 4.78 is 0. The first-order valence-corrected chi connectivity index (χ1v) is 5.49. The van der Waals surface area contributed by atoms with Crippen molar-refractivity contribution in [2.75, 3.05) is 13.1 Å². The van der Waals surface area contributed by atoms with Crippen molar-refractivity contribution in [3.05, 3.63) is 47.5 Å². The minimum Gasteiger partial charge on any atom is -0.465 e. The summed E-state index contributed by atoms with van der Waals surface area (Å²) in [6.45, 7) is 0.971. The average molecular weight is 227 g/mol. The van der Waals surface area contributed by atoms with Crippen molar-refractivity contribution in [2.24, 2.45) is 0 Å². The molecular formula is C14H13NO2. The summed E-state index contributed by atoms with van der Waals surface area (Å²) in [6, 6.07) is 9.77. The number of amides is 1. The van der Waals surface area contributed by atoms with Gasteiger partial charge in [0, 0.05) is 24.2 Å². The molecule has 1 aromatic carbocycles. The first kappa shape index (κ1) is 11.3. The summed E-state index contributed by atoms with van der Waals surface area (Å²) in [5.74, 6) is 6.16. The molecule has 3 nitrogen and oxygen atoms in total. The molecule has 0 aromatic heterocycles. The second-order valence-electron chi connectivity index (χ2n) is 3.82. The van der Waals surface area contributed by atoms with Crippen LogP contribution in [0.3, 0.4) is 0 Å². The average Bonchev–Trinajstić information content (AvgIpc) is 2.38. The zero-order chi connectivity index (χ0) is 12.1. The van der Waals surface area contributed by atoms with E-state index in [1.165, 1.54) is 4.90 Å². The Hall–Kier alpha value is -2.21. The fraction of sp³-hybridized carbons (Fsp3) is 0.214. The number of rotatable bonds is 0. The third-order valence-electron chi connectivity index (χ3n) is 2.62. The molecule has 1 aliphatic rings. The molecule has 86 valence electrons. The molecule has 0 unspecified atom stereocenters. The lowest BCUT2D eigenvalue weighted by molar-refractivity contribution is 0.149. The van der Waals surface area contributed by atoms with Gasteiger partial charge in [0.2, 0.25) is 0 Å². The fourth-order valence-corrected chi connectivity index (χ4v) is 1.63. The second-order valence-corrected chi connectivity index (χ2v) is 3.82. The lowest BCUT2D eigenvalue weighted by Crippen LogP contribution is -2.33. The van der Waals surface area contributed by atoms with Crippen LogP contribution in [0.25, 0.3) is 0 Å². The molecule has 1 aromatic rings. The zero-order valence-electron chi connectivity index (χ0n) is 9.39. The molecule has 1 N–H and O–H groups in total. The summed E-state index contributed by atoms with van der Waals surface area (Å²) in [5, 5.41) is 8.79. The standard InChI is InChI=1S/C14H13NO2/c16-14(17)15-10-8-13(9-11-15)7-6-12-4-2-1-3-5-12/h1-5,8H,9-11H2,(H,16,17). The molecule has 1 heterocycles. The molecule has 17 heavy (non-hydrogen) atoms. The highest BCUT2D eigenvalue weighted by Crippen LogP contribution is 2.10. The molecule has 0 fully saturated rings. The van der Waals surface area contributed by atoms with Crippen molar-refractivity contribution < 1.29 is 9.90 Å². The van der Waals surface area contributed by atoms with Gasteiger partial charge in [0.15, 0.2) is 0 Å². The van der Waals surface area contributed by atoms with Gasteiger partial charge in [0.25, 0.3) is 0 Å². The molecule has 0 radical (unpaired) electrons. The smallest absolute Gasteiger partial charge is 0.407 e. The molecule has 3 heteroatoms. The van der Waals surface area contributed by atoms with Crippen LogP contribution in [0.5, 0.6) is 0 Å². The van der Waals surface area contributed by atoms with Crippen molar-refractivity contribution >= 4 is 6.09 Å². The van der Waals surface area contributed by atoms with Crippen LogP contribution in [0, 0.1) is 11.8 Å². The quantitative estimate of drug-likeness (QED) is 0.691. The summed E-state index contributed by atoms with van der Waals surface area (Å²) in [6.07, 6.45) is 1.72. The Kier molecular flexibility index (Phi) is 3.46.